The van der Waals surface area contributed by atoms with E-state index in [1.807, 2.05) is 0 Å². The van der Waals surface area contributed by atoms with Crippen LogP contribution in [0.15, 0.2) is 0 Å². The molecule has 2 rings (SSSR count). The van der Waals surface area contributed by atoms with Crippen molar-refractivity contribution in [2.75, 3.05) is 39.4 Å². The number of nitrogens with zero attached hydrogens (tertiary/aromatic N) is 1. The third kappa shape index (κ3) is 5.26. The normalized spacial score (nSPS) is 22.8. The number of hydrogen-bond acceptors (Lipinski definition) is 4. The summed E-state index contributed by atoms with van der Waals surface area (Å²) < 4.78 is 5.20. The highest BCUT2D eigenvalue weighted by Crippen LogP contribution is 2.06. The molecule has 20 heavy (non-hydrogen) atoms. The van der Waals surface area contributed by atoms with Crippen molar-refractivity contribution in [2.45, 2.75) is 31.7 Å². The Morgan fingerprint density at radius 3 is 2.65 bits per heavy atom. The number of nitrogens with one attached hydrogen (secondary N) is 2. The lowest BCUT2D eigenvalue weighted by atomic mass is 10.0. The predicted molar refractivity (Wildman–Crippen MR) is 77.9 cm³/mol. The van der Waals surface area contributed by atoms with Gasteiger partial charge in [-0.3, -0.25) is 9.59 Å². The fourth-order valence-corrected chi connectivity index (χ4v) is 2.46. The van der Waals surface area contributed by atoms with Crippen LogP contribution >= 0.6 is 12.4 Å². The molecule has 0 saturated carbocycles. The summed E-state index contributed by atoms with van der Waals surface area (Å²) in [5.74, 6) is 0.120. The molecule has 0 aromatic rings. The van der Waals surface area contributed by atoms with Crippen LogP contribution in [0.4, 0.5) is 0 Å². The van der Waals surface area contributed by atoms with Gasteiger partial charge in [0.05, 0.1) is 19.3 Å². The van der Waals surface area contributed by atoms with Crippen LogP contribution in [0.1, 0.15) is 25.7 Å². The molecule has 0 bridgehead atoms. The maximum atomic E-state index is 11.9. The van der Waals surface area contributed by atoms with Gasteiger partial charge in [-0.05, 0) is 19.4 Å². The molecule has 0 aliphatic carbocycles. The second kappa shape index (κ2) is 9.15. The van der Waals surface area contributed by atoms with E-state index < -0.39 is 0 Å². The lowest BCUT2D eigenvalue weighted by molar-refractivity contribution is -0.135. The Labute approximate surface area is 126 Å². The van der Waals surface area contributed by atoms with Crippen molar-refractivity contribution in [1.82, 2.24) is 15.5 Å². The number of carbonyl (C=O) groups excluding carboxylic acids is 2. The third-order valence-electron chi connectivity index (χ3n) is 3.63. The fourth-order valence-electron chi connectivity index (χ4n) is 2.46. The van der Waals surface area contributed by atoms with Gasteiger partial charge in [-0.2, -0.15) is 0 Å². The minimum Gasteiger partial charge on any atom is -0.378 e. The predicted octanol–water partition coefficient (Wildman–Crippen LogP) is -0.0846. The molecule has 2 fully saturated rings. The highest BCUT2D eigenvalue weighted by Gasteiger charge is 2.21. The lowest BCUT2D eigenvalue weighted by Gasteiger charge is -2.27. The maximum Gasteiger partial charge on any atom is 0.237 e. The summed E-state index contributed by atoms with van der Waals surface area (Å²) in [4.78, 5) is 25.5. The van der Waals surface area contributed by atoms with Gasteiger partial charge in [0.25, 0.3) is 0 Å². The van der Waals surface area contributed by atoms with Gasteiger partial charge in [0.1, 0.15) is 0 Å². The zero-order valence-electron chi connectivity index (χ0n) is 11.7. The van der Waals surface area contributed by atoms with E-state index in [4.69, 9.17) is 4.74 Å². The first-order chi connectivity index (χ1) is 9.27. The molecular weight excluding hydrogens is 282 g/mol. The van der Waals surface area contributed by atoms with Crippen LogP contribution in [-0.4, -0.2) is 62.1 Å². The van der Waals surface area contributed by atoms with Gasteiger partial charge < -0.3 is 20.3 Å². The van der Waals surface area contributed by atoms with Crippen LogP contribution < -0.4 is 10.6 Å². The highest BCUT2D eigenvalue weighted by molar-refractivity contribution is 5.85. The zero-order valence-corrected chi connectivity index (χ0v) is 12.5. The molecule has 0 radical (unpaired) electrons. The molecule has 1 atom stereocenters. The van der Waals surface area contributed by atoms with Crippen LogP contribution in [-0.2, 0) is 14.3 Å². The van der Waals surface area contributed by atoms with E-state index in [-0.39, 0.29) is 30.3 Å². The largest absolute Gasteiger partial charge is 0.378 e. The molecule has 2 aliphatic heterocycles. The summed E-state index contributed by atoms with van der Waals surface area (Å²) in [5, 5.41) is 6.04. The van der Waals surface area contributed by atoms with Crippen molar-refractivity contribution in [3.05, 3.63) is 0 Å². The molecule has 116 valence electrons. The van der Waals surface area contributed by atoms with Gasteiger partial charge in [-0.25, -0.2) is 0 Å². The van der Waals surface area contributed by atoms with Gasteiger partial charge in [-0.1, -0.05) is 6.42 Å². The Morgan fingerprint density at radius 1 is 1.25 bits per heavy atom. The fraction of sp³-hybridized carbons (Fsp3) is 0.846. The molecule has 0 spiro atoms. The molecule has 2 aliphatic rings. The van der Waals surface area contributed by atoms with Crippen LogP contribution in [0.25, 0.3) is 0 Å². The summed E-state index contributed by atoms with van der Waals surface area (Å²) in [7, 11) is 0. The Balaban J connectivity index is 0.00000200. The van der Waals surface area contributed by atoms with Gasteiger partial charge in [0.2, 0.25) is 11.8 Å². The topological polar surface area (TPSA) is 70.7 Å². The van der Waals surface area contributed by atoms with E-state index in [2.05, 4.69) is 10.6 Å². The quantitative estimate of drug-likeness (QED) is 0.762. The van der Waals surface area contributed by atoms with Crippen LogP contribution in [0.2, 0.25) is 0 Å². The maximum absolute atomic E-state index is 11.9. The summed E-state index contributed by atoms with van der Waals surface area (Å²) in [6.45, 7) is 3.89. The Bertz CT molecular complexity index is 286. The van der Waals surface area contributed by atoms with Crippen molar-refractivity contribution < 1.29 is 14.3 Å². The molecular formula is C13H24ClN3O3. The van der Waals surface area contributed by atoms with Crippen LogP contribution in [0, 0.1) is 0 Å². The molecule has 0 aromatic heterocycles. The van der Waals surface area contributed by atoms with E-state index >= 15 is 0 Å². The number of rotatable bonds is 4. The number of piperidine rings is 1. The SMILES string of the molecule is Cl.O=C(NCCC(=O)N1CCOCC1)[C@H]1CCCCN1. The third-order valence-corrected chi connectivity index (χ3v) is 3.63. The van der Waals surface area contributed by atoms with Gasteiger partial charge >= 0.3 is 0 Å². The number of hydrogen-bond donors (Lipinski definition) is 2. The summed E-state index contributed by atoms with van der Waals surface area (Å²) in [6.07, 6.45) is 3.50. The molecule has 0 unspecified atom stereocenters. The lowest BCUT2D eigenvalue weighted by Crippen LogP contribution is -2.47. The van der Waals surface area contributed by atoms with Crippen molar-refractivity contribution in [3.8, 4) is 0 Å². The number of carbonyl (C=O) groups is 2. The van der Waals surface area contributed by atoms with Crippen molar-refractivity contribution in [3.63, 3.8) is 0 Å². The molecule has 2 saturated heterocycles. The average Bonchev–Trinajstić information content (AvgIpc) is 2.49. The van der Waals surface area contributed by atoms with Crippen molar-refractivity contribution in [2.24, 2.45) is 0 Å². The smallest absolute Gasteiger partial charge is 0.237 e. The van der Waals surface area contributed by atoms with E-state index in [1.54, 1.807) is 4.90 Å². The highest BCUT2D eigenvalue weighted by atomic mass is 35.5. The first kappa shape index (κ1) is 17.2. The molecule has 2 heterocycles. The first-order valence-corrected chi connectivity index (χ1v) is 7.14. The van der Waals surface area contributed by atoms with Crippen LogP contribution in [0.3, 0.4) is 0 Å². The second-order valence-corrected chi connectivity index (χ2v) is 5.04. The summed E-state index contributed by atoms with van der Waals surface area (Å²) in [6, 6.07) is -0.0766. The number of ether oxygens (including phenoxy) is 1. The first-order valence-electron chi connectivity index (χ1n) is 7.14. The second-order valence-electron chi connectivity index (χ2n) is 5.04. The standard InChI is InChI=1S/C13H23N3O3.ClH/c17-12(16-7-9-19-10-8-16)4-6-15-13(18)11-3-1-2-5-14-11;/h11,14H,1-10H2,(H,15,18);1H/t11-;/m1./s1. The Morgan fingerprint density at radius 2 is 2.00 bits per heavy atom. The average molecular weight is 306 g/mol. The van der Waals surface area contributed by atoms with E-state index in [1.165, 1.54) is 0 Å². The van der Waals surface area contributed by atoms with E-state index in [0.717, 1.165) is 25.8 Å². The van der Waals surface area contributed by atoms with Crippen LogP contribution in [0.5, 0.6) is 0 Å². The minimum absolute atomic E-state index is 0. The van der Waals surface area contributed by atoms with Crippen molar-refractivity contribution in [1.29, 1.82) is 0 Å². The summed E-state index contributed by atoms with van der Waals surface area (Å²) in [5.41, 5.74) is 0. The van der Waals surface area contributed by atoms with E-state index in [0.29, 0.717) is 39.3 Å². The number of morpholine rings is 1. The Kier molecular flexibility index (Phi) is 7.87. The number of halogens is 1. The molecule has 7 heteroatoms. The van der Waals surface area contributed by atoms with Gasteiger partial charge in [0, 0.05) is 26.1 Å². The monoisotopic (exact) mass is 305 g/mol. The van der Waals surface area contributed by atoms with E-state index in [9.17, 15) is 9.59 Å². The molecule has 6 nitrogen and oxygen atoms in total. The van der Waals surface area contributed by atoms with Crippen molar-refractivity contribution >= 4 is 24.2 Å². The molecule has 0 aromatic carbocycles. The molecule has 2 N–H and O–H groups in total. The Hall–Kier alpha value is -0.850. The molecule has 2 amide bonds. The van der Waals surface area contributed by atoms with Gasteiger partial charge in [0.15, 0.2) is 0 Å². The number of amides is 2. The van der Waals surface area contributed by atoms with Gasteiger partial charge in [-0.15, -0.1) is 12.4 Å². The summed E-state index contributed by atoms with van der Waals surface area (Å²) >= 11 is 0. The zero-order chi connectivity index (χ0) is 13.5. The minimum atomic E-state index is -0.0766.